The summed E-state index contributed by atoms with van der Waals surface area (Å²) < 4.78 is 0. The van der Waals surface area contributed by atoms with Gasteiger partial charge in [0.1, 0.15) is 5.40 Å². The maximum atomic E-state index is 12.2. The molecule has 0 radical (unpaired) electrons. The molecule has 12 heteroatoms. The number of carbonyl (C=O) groups is 4. The maximum Gasteiger partial charge on any atom is 0.340 e. The molecular weight excluding hydrogens is 406 g/mol. The minimum absolute atomic E-state index is 0.142. The van der Waals surface area contributed by atoms with E-state index in [2.05, 4.69) is 0 Å². The highest BCUT2D eigenvalue weighted by atomic mass is 32.2. The fourth-order valence-electron chi connectivity index (χ4n) is 2.71. The highest BCUT2D eigenvalue weighted by Crippen LogP contribution is 2.39. The van der Waals surface area contributed by atoms with Gasteiger partial charge >= 0.3 is 23.9 Å². The zero-order valence-electron chi connectivity index (χ0n) is 15.1. The molecular formula is C17H19N3O8S. The molecule has 0 aliphatic heterocycles. The SMILES string of the molecule is N#CSC(C(=O)O)(c1ccccc1)N(CCN(CC(=O)O)CC(=O)O)CC(=O)O. The second-order valence-corrected chi connectivity index (χ2v) is 6.80. The maximum absolute atomic E-state index is 12.2. The van der Waals surface area contributed by atoms with Crippen LogP contribution in [-0.2, 0) is 24.0 Å². The summed E-state index contributed by atoms with van der Waals surface area (Å²) in [5.74, 6) is -5.45. The van der Waals surface area contributed by atoms with Gasteiger partial charge in [0.25, 0.3) is 0 Å². The van der Waals surface area contributed by atoms with Crippen LogP contribution in [0.5, 0.6) is 0 Å². The molecule has 4 N–H and O–H groups in total. The Kier molecular flexibility index (Phi) is 9.07. The first-order chi connectivity index (χ1) is 13.6. The predicted octanol–water partition coefficient (Wildman–Crippen LogP) is -0.00392. The number of nitrogens with zero attached hydrogens (tertiary/aromatic N) is 3. The van der Waals surface area contributed by atoms with E-state index >= 15 is 0 Å². The van der Waals surface area contributed by atoms with Crippen molar-refractivity contribution in [1.82, 2.24) is 9.80 Å². The molecule has 1 aromatic rings. The van der Waals surface area contributed by atoms with Gasteiger partial charge in [0.05, 0.1) is 19.6 Å². The van der Waals surface area contributed by atoms with Gasteiger partial charge in [-0.3, -0.25) is 24.2 Å². The van der Waals surface area contributed by atoms with Crippen LogP contribution in [0.2, 0.25) is 0 Å². The number of benzene rings is 1. The van der Waals surface area contributed by atoms with E-state index in [0.717, 1.165) is 9.80 Å². The van der Waals surface area contributed by atoms with Gasteiger partial charge in [-0.15, -0.1) is 0 Å². The van der Waals surface area contributed by atoms with Crippen molar-refractivity contribution in [3.05, 3.63) is 35.9 Å². The summed E-state index contributed by atoms with van der Waals surface area (Å²) in [6, 6.07) is 7.55. The van der Waals surface area contributed by atoms with Gasteiger partial charge in [-0.25, -0.2) is 4.79 Å². The summed E-state index contributed by atoms with van der Waals surface area (Å²) in [6.45, 7) is -2.61. The number of rotatable bonds is 13. The summed E-state index contributed by atoms with van der Waals surface area (Å²) in [7, 11) is 0. The molecule has 0 amide bonds. The molecule has 1 atom stereocenters. The van der Waals surface area contributed by atoms with Crippen molar-refractivity contribution in [2.75, 3.05) is 32.7 Å². The van der Waals surface area contributed by atoms with Crippen molar-refractivity contribution in [3.8, 4) is 5.40 Å². The Balaban J connectivity index is 3.33. The predicted molar refractivity (Wildman–Crippen MR) is 99.9 cm³/mol. The van der Waals surface area contributed by atoms with Gasteiger partial charge in [0.2, 0.25) is 4.87 Å². The molecule has 29 heavy (non-hydrogen) atoms. The number of nitriles is 1. The Hall–Kier alpha value is -3.14. The van der Waals surface area contributed by atoms with Crippen LogP contribution in [0, 0.1) is 10.7 Å². The lowest BCUT2D eigenvalue weighted by atomic mass is 10.0. The Morgan fingerprint density at radius 2 is 1.41 bits per heavy atom. The topological polar surface area (TPSA) is 179 Å². The molecule has 0 spiro atoms. The molecule has 1 aromatic carbocycles. The average Bonchev–Trinajstić information content (AvgIpc) is 2.62. The van der Waals surface area contributed by atoms with E-state index in [4.69, 9.17) is 10.2 Å². The summed E-state index contributed by atoms with van der Waals surface area (Å²) in [5.41, 5.74) is 0.142. The van der Waals surface area contributed by atoms with Crippen molar-refractivity contribution in [3.63, 3.8) is 0 Å². The van der Waals surface area contributed by atoms with Crippen molar-refractivity contribution in [2.45, 2.75) is 4.87 Å². The summed E-state index contributed by atoms with van der Waals surface area (Å²) in [5, 5.41) is 48.0. The molecule has 11 nitrogen and oxygen atoms in total. The molecule has 0 aliphatic carbocycles. The first kappa shape index (κ1) is 23.9. The number of carboxylic acids is 4. The third kappa shape index (κ3) is 6.75. The fourth-order valence-corrected chi connectivity index (χ4v) is 3.47. The number of carboxylic acid groups (broad SMARTS) is 4. The number of hydrogen-bond donors (Lipinski definition) is 4. The largest absolute Gasteiger partial charge is 0.480 e. The van der Waals surface area contributed by atoms with Crippen LogP contribution in [0.3, 0.4) is 0 Å². The van der Waals surface area contributed by atoms with Crippen molar-refractivity contribution in [2.24, 2.45) is 0 Å². The molecule has 0 aromatic heterocycles. The second kappa shape index (κ2) is 11.0. The number of thiocyanates is 1. The Morgan fingerprint density at radius 3 is 1.83 bits per heavy atom. The highest BCUT2D eigenvalue weighted by Gasteiger charge is 2.48. The van der Waals surface area contributed by atoms with E-state index in [9.17, 15) is 34.7 Å². The van der Waals surface area contributed by atoms with E-state index < -0.39 is 48.4 Å². The van der Waals surface area contributed by atoms with Crippen LogP contribution < -0.4 is 0 Å². The first-order valence-corrected chi connectivity index (χ1v) is 8.94. The van der Waals surface area contributed by atoms with Crippen molar-refractivity contribution >= 4 is 35.6 Å². The lowest BCUT2D eigenvalue weighted by Crippen LogP contribution is -2.54. The summed E-state index contributed by atoms with van der Waals surface area (Å²) >= 11 is 0.332. The van der Waals surface area contributed by atoms with E-state index in [1.807, 2.05) is 0 Å². The monoisotopic (exact) mass is 425 g/mol. The lowest BCUT2D eigenvalue weighted by molar-refractivity contribution is -0.150. The van der Waals surface area contributed by atoms with Gasteiger partial charge in [0.15, 0.2) is 0 Å². The van der Waals surface area contributed by atoms with E-state index in [1.54, 1.807) is 11.5 Å². The number of aliphatic carboxylic acids is 4. The van der Waals surface area contributed by atoms with Crippen LogP contribution in [0.25, 0.3) is 0 Å². The van der Waals surface area contributed by atoms with Gasteiger partial charge < -0.3 is 20.4 Å². The molecule has 0 bridgehead atoms. The van der Waals surface area contributed by atoms with Gasteiger partial charge in [0, 0.05) is 13.1 Å². The van der Waals surface area contributed by atoms with Gasteiger partial charge in [-0.2, -0.15) is 5.26 Å². The molecule has 0 aliphatic rings. The molecule has 0 saturated carbocycles. The fraction of sp³-hybridized carbons (Fsp3) is 0.353. The molecule has 0 fully saturated rings. The molecule has 1 unspecified atom stereocenters. The van der Waals surface area contributed by atoms with Crippen LogP contribution in [0.4, 0.5) is 0 Å². The molecule has 0 saturated heterocycles. The van der Waals surface area contributed by atoms with Gasteiger partial charge in [-0.05, 0) is 17.3 Å². The molecule has 1 rings (SSSR count). The minimum Gasteiger partial charge on any atom is -0.480 e. The minimum atomic E-state index is -2.09. The van der Waals surface area contributed by atoms with Crippen molar-refractivity contribution < 1.29 is 39.6 Å². The van der Waals surface area contributed by atoms with Crippen LogP contribution >= 0.6 is 11.8 Å². The zero-order valence-corrected chi connectivity index (χ0v) is 15.9. The molecule has 156 valence electrons. The Bertz CT molecular complexity index is 782. The third-order valence-electron chi connectivity index (χ3n) is 3.82. The van der Waals surface area contributed by atoms with Crippen LogP contribution in [-0.4, -0.2) is 86.8 Å². The van der Waals surface area contributed by atoms with E-state index in [-0.39, 0.29) is 18.7 Å². The smallest absolute Gasteiger partial charge is 0.340 e. The zero-order chi connectivity index (χ0) is 22.0. The summed E-state index contributed by atoms with van der Waals surface area (Å²) in [6.07, 6.45) is 0. The Labute approximate surface area is 169 Å². The number of hydrogen-bond acceptors (Lipinski definition) is 8. The van der Waals surface area contributed by atoms with E-state index in [0.29, 0.717) is 11.8 Å². The van der Waals surface area contributed by atoms with Crippen molar-refractivity contribution in [1.29, 1.82) is 5.26 Å². The second-order valence-electron chi connectivity index (χ2n) is 5.82. The first-order valence-electron chi connectivity index (χ1n) is 8.12. The molecule has 0 heterocycles. The van der Waals surface area contributed by atoms with Gasteiger partial charge in [-0.1, -0.05) is 30.3 Å². The normalized spacial score (nSPS) is 12.9. The van der Waals surface area contributed by atoms with Crippen LogP contribution in [0.1, 0.15) is 5.56 Å². The van der Waals surface area contributed by atoms with E-state index in [1.165, 1.54) is 24.3 Å². The Morgan fingerprint density at radius 1 is 0.897 bits per heavy atom. The van der Waals surface area contributed by atoms with Crippen LogP contribution in [0.15, 0.2) is 30.3 Å². The summed E-state index contributed by atoms with van der Waals surface area (Å²) in [4.78, 5) is 45.5. The lowest BCUT2D eigenvalue weighted by Gasteiger charge is -2.38. The quantitative estimate of drug-likeness (QED) is 0.246. The number of thioether (sulfide) groups is 1. The third-order valence-corrected chi connectivity index (χ3v) is 4.88. The standard InChI is InChI=1S/C17H19N3O8S/c18-11-29-17(16(27)28,12-4-2-1-3-5-12)20(10-15(25)26)7-6-19(8-13(21)22)9-14(23)24/h1-5H,6-10H2,(H,21,22)(H,23,24)(H,25,26)(H,27,28). The highest BCUT2D eigenvalue weighted by molar-refractivity contribution is 8.05. The average molecular weight is 425 g/mol.